The minimum absolute atomic E-state index is 0. The van der Waals surface area contributed by atoms with Crippen LogP contribution in [-0.2, 0) is 0 Å². The first kappa shape index (κ1) is 29.7. The van der Waals surface area contributed by atoms with E-state index in [0.29, 0.717) is 0 Å². The summed E-state index contributed by atoms with van der Waals surface area (Å²) >= 11 is 0. The second kappa shape index (κ2) is 22.4. The zero-order valence-corrected chi connectivity index (χ0v) is 4.83. The van der Waals surface area contributed by atoms with Gasteiger partial charge in [-0.3, -0.25) is 0 Å². The Morgan fingerprint density at radius 2 is 0.727 bits per heavy atom. The van der Waals surface area contributed by atoms with Gasteiger partial charge in [0, 0.05) is 0 Å². The van der Waals surface area contributed by atoms with Crippen LogP contribution in [0.5, 0.6) is 0 Å². The SMILES string of the molecule is Cl.O=C(O)O.O=C(O)O.[NaH].[NaH]. The van der Waals surface area contributed by atoms with Crippen molar-refractivity contribution in [3.8, 4) is 0 Å². The monoisotopic (exact) mass is 208 g/mol. The molecule has 0 aromatic heterocycles. The van der Waals surface area contributed by atoms with E-state index in [1.807, 2.05) is 0 Å². The van der Waals surface area contributed by atoms with E-state index in [0.717, 1.165) is 0 Å². The average molecular weight is 209 g/mol. The Hall–Kier alpha value is 0.830. The van der Waals surface area contributed by atoms with E-state index < -0.39 is 12.3 Å². The van der Waals surface area contributed by atoms with Crippen LogP contribution in [0.15, 0.2) is 0 Å². The molecule has 0 atom stereocenters. The van der Waals surface area contributed by atoms with Crippen LogP contribution in [0.25, 0.3) is 0 Å². The molecule has 60 valence electrons. The van der Waals surface area contributed by atoms with Gasteiger partial charge in [-0.15, -0.1) is 12.4 Å². The first-order valence-corrected chi connectivity index (χ1v) is 1.30. The van der Waals surface area contributed by atoms with Crippen molar-refractivity contribution in [3.05, 3.63) is 0 Å². The summed E-state index contributed by atoms with van der Waals surface area (Å²) in [6.07, 6.45) is -3.67. The van der Waals surface area contributed by atoms with Crippen LogP contribution in [0.2, 0.25) is 0 Å². The normalized spacial score (nSPS) is 4.36. The van der Waals surface area contributed by atoms with E-state index in [1.54, 1.807) is 0 Å². The van der Waals surface area contributed by atoms with Crippen LogP contribution in [0.3, 0.4) is 0 Å². The Balaban J connectivity index is -0.0000000171. The molecule has 4 N–H and O–H groups in total. The van der Waals surface area contributed by atoms with Crippen LogP contribution in [0.1, 0.15) is 0 Å². The van der Waals surface area contributed by atoms with Gasteiger partial charge >= 0.3 is 71.4 Å². The fraction of sp³-hybridized carbons (Fsp3) is 0. The van der Waals surface area contributed by atoms with Gasteiger partial charge in [0.1, 0.15) is 0 Å². The molecule has 0 aliphatic heterocycles. The molecule has 0 aliphatic rings. The number of hydrogen-bond donors (Lipinski definition) is 4. The van der Waals surface area contributed by atoms with Crippen LogP contribution in [0, 0.1) is 0 Å². The Morgan fingerprint density at radius 1 is 0.727 bits per heavy atom. The fourth-order valence-corrected chi connectivity index (χ4v) is 0. The van der Waals surface area contributed by atoms with Crippen molar-refractivity contribution < 1.29 is 30.0 Å². The molecule has 0 rings (SSSR count). The molecule has 0 bridgehead atoms. The summed E-state index contributed by atoms with van der Waals surface area (Å²) in [5.41, 5.74) is 0. The number of carboxylic acid groups (broad SMARTS) is 4. The van der Waals surface area contributed by atoms with Crippen LogP contribution in [-0.4, -0.2) is 91.9 Å². The van der Waals surface area contributed by atoms with Crippen molar-refractivity contribution in [2.24, 2.45) is 0 Å². The predicted molar refractivity (Wildman–Crippen MR) is 42.9 cm³/mol. The van der Waals surface area contributed by atoms with Crippen molar-refractivity contribution in [1.29, 1.82) is 0 Å². The van der Waals surface area contributed by atoms with Gasteiger partial charge in [-0.2, -0.15) is 0 Å². The van der Waals surface area contributed by atoms with E-state index in [1.165, 1.54) is 0 Å². The summed E-state index contributed by atoms with van der Waals surface area (Å²) in [5.74, 6) is 0. The van der Waals surface area contributed by atoms with Gasteiger partial charge in [0.05, 0.1) is 0 Å². The number of rotatable bonds is 0. The molecule has 0 unspecified atom stereocenters. The standard InChI is InChI=1S/2CH2O3.ClH.2Na.2H/c2*2-1(3)4;;;;;/h2*(H2,2,3,4);1H;;;;. The van der Waals surface area contributed by atoms with Crippen molar-refractivity contribution in [1.82, 2.24) is 0 Å². The molecule has 0 aromatic carbocycles. The van der Waals surface area contributed by atoms with E-state index in [2.05, 4.69) is 0 Å². The Bertz CT molecular complexity index is 76.6. The Labute approximate surface area is 113 Å². The Morgan fingerprint density at radius 3 is 0.727 bits per heavy atom. The summed E-state index contributed by atoms with van der Waals surface area (Å²) in [5, 5.41) is 27.9. The molecule has 9 heteroatoms. The summed E-state index contributed by atoms with van der Waals surface area (Å²) in [7, 11) is 0. The molecule has 0 radical (unpaired) electrons. The average Bonchev–Trinajstić information content (AvgIpc) is 1.25. The summed E-state index contributed by atoms with van der Waals surface area (Å²) in [4.78, 5) is 17.1. The molecule has 0 heterocycles. The molecule has 0 saturated carbocycles. The maximum atomic E-state index is 8.56. The molecule has 0 aliphatic carbocycles. The van der Waals surface area contributed by atoms with Gasteiger partial charge in [0.15, 0.2) is 0 Å². The van der Waals surface area contributed by atoms with Crippen molar-refractivity contribution >= 4 is 83.8 Å². The van der Waals surface area contributed by atoms with Crippen LogP contribution < -0.4 is 0 Å². The fourth-order valence-electron chi connectivity index (χ4n) is 0. The summed E-state index contributed by atoms with van der Waals surface area (Å²) < 4.78 is 0. The minimum atomic E-state index is -1.83. The van der Waals surface area contributed by atoms with Gasteiger partial charge in [0.25, 0.3) is 0 Å². The molecule has 11 heavy (non-hydrogen) atoms. The van der Waals surface area contributed by atoms with Crippen molar-refractivity contribution in [2.75, 3.05) is 0 Å². The third-order valence-electron chi connectivity index (χ3n) is 0. The third-order valence-corrected chi connectivity index (χ3v) is 0. The first-order valence-electron chi connectivity index (χ1n) is 1.30. The second-order valence-corrected chi connectivity index (χ2v) is 0.565. The van der Waals surface area contributed by atoms with Crippen LogP contribution in [0.4, 0.5) is 9.59 Å². The quantitative estimate of drug-likeness (QED) is 0.402. The molecule has 0 fully saturated rings. The maximum absolute atomic E-state index is 8.56. The summed E-state index contributed by atoms with van der Waals surface area (Å²) in [6, 6.07) is 0. The molecule has 0 spiro atoms. The molecule has 0 aromatic rings. The van der Waals surface area contributed by atoms with Crippen molar-refractivity contribution in [2.45, 2.75) is 0 Å². The van der Waals surface area contributed by atoms with Gasteiger partial charge < -0.3 is 20.4 Å². The number of hydrogen-bond acceptors (Lipinski definition) is 2. The van der Waals surface area contributed by atoms with Gasteiger partial charge in [-0.05, 0) is 0 Å². The van der Waals surface area contributed by atoms with E-state index >= 15 is 0 Å². The molecule has 0 amide bonds. The van der Waals surface area contributed by atoms with Gasteiger partial charge in [0.2, 0.25) is 0 Å². The zero-order valence-electron chi connectivity index (χ0n) is 4.01. The Kier molecular flexibility index (Phi) is 60.7. The molecular formula is C2H7ClNa2O6. The van der Waals surface area contributed by atoms with E-state index in [-0.39, 0.29) is 71.5 Å². The number of carbonyl (C=O) groups is 2. The first-order chi connectivity index (χ1) is 3.46. The van der Waals surface area contributed by atoms with Gasteiger partial charge in [-0.1, -0.05) is 0 Å². The predicted octanol–water partition coefficient (Wildman–Crippen LogP) is -0.430. The zero-order chi connectivity index (χ0) is 7.15. The van der Waals surface area contributed by atoms with Gasteiger partial charge in [-0.25, -0.2) is 9.59 Å². The topological polar surface area (TPSA) is 115 Å². The second-order valence-electron chi connectivity index (χ2n) is 0.565. The van der Waals surface area contributed by atoms with Crippen molar-refractivity contribution in [3.63, 3.8) is 0 Å². The molecular weight excluding hydrogens is 201 g/mol. The summed E-state index contributed by atoms with van der Waals surface area (Å²) in [6.45, 7) is 0. The van der Waals surface area contributed by atoms with Crippen LogP contribution >= 0.6 is 12.4 Å². The molecule has 0 saturated heterocycles. The molecule has 6 nitrogen and oxygen atoms in total. The van der Waals surface area contributed by atoms with E-state index in [9.17, 15) is 0 Å². The number of halogens is 1. The van der Waals surface area contributed by atoms with E-state index in [4.69, 9.17) is 30.0 Å². The third kappa shape index (κ3) is 1230.